The van der Waals surface area contributed by atoms with Gasteiger partial charge in [0.05, 0.1) is 23.8 Å². The van der Waals surface area contributed by atoms with Crippen LogP contribution in [0.2, 0.25) is 5.02 Å². The van der Waals surface area contributed by atoms with Crippen molar-refractivity contribution in [1.82, 2.24) is 19.2 Å². The molecule has 0 spiro atoms. The molecule has 1 aliphatic rings. The average molecular weight is 471 g/mol. The number of methoxy groups -OCH3 is 1. The molecule has 1 saturated heterocycles. The Kier molecular flexibility index (Phi) is 6.95. The number of ether oxygens (including phenoxy) is 1. The lowest BCUT2D eigenvalue weighted by molar-refractivity contribution is 0.0628. The van der Waals surface area contributed by atoms with Gasteiger partial charge in [0.25, 0.3) is 5.91 Å². The molecule has 31 heavy (non-hydrogen) atoms. The largest absolute Gasteiger partial charge is 0.481 e. The maximum atomic E-state index is 13.2. The minimum absolute atomic E-state index is 0.0719. The molecule has 0 aromatic carbocycles. The van der Waals surface area contributed by atoms with Crippen molar-refractivity contribution in [2.45, 2.75) is 37.8 Å². The number of hydrogen-bond donors (Lipinski definition) is 2. The van der Waals surface area contributed by atoms with Crippen LogP contribution in [0.4, 0.5) is 0 Å². The topological polar surface area (TPSA) is 114 Å². The molecule has 3 heterocycles. The van der Waals surface area contributed by atoms with Gasteiger partial charge >= 0.3 is 0 Å². The number of piperidine rings is 1. The molecular weight excluding hydrogens is 444 g/mol. The van der Waals surface area contributed by atoms with Crippen LogP contribution in [0.25, 0.3) is 0 Å². The van der Waals surface area contributed by atoms with Crippen LogP contribution < -0.4 is 10.1 Å². The standard InChI is InChI=1S/C20H27ClN4O5S/c1-12-11-25(8-6-17(12)26)31(28,29)18-9-16(24(3)13(18)2)19(27)23-10-14-15(21)5-7-22-20(14)30-4/h5,7,9,12,17,26H,6,8,10-11H2,1-4H3,(H,23,27)/t12-,17+/m0/s1. The van der Waals surface area contributed by atoms with Crippen LogP contribution in [0.15, 0.2) is 23.2 Å². The lowest BCUT2D eigenvalue weighted by Crippen LogP contribution is -2.44. The molecule has 1 amide bonds. The van der Waals surface area contributed by atoms with E-state index in [1.807, 2.05) is 6.92 Å². The summed E-state index contributed by atoms with van der Waals surface area (Å²) >= 11 is 6.19. The molecule has 2 aromatic rings. The number of aliphatic hydroxyl groups excluding tert-OH is 1. The van der Waals surface area contributed by atoms with Gasteiger partial charge in [-0.3, -0.25) is 4.79 Å². The van der Waals surface area contributed by atoms with Gasteiger partial charge in [0.2, 0.25) is 15.9 Å². The summed E-state index contributed by atoms with van der Waals surface area (Å²) in [4.78, 5) is 17.0. The highest BCUT2D eigenvalue weighted by molar-refractivity contribution is 7.89. The van der Waals surface area contributed by atoms with E-state index in [1.54, 1.807) is 24.6 Å². The van der Waals surface area contributed by atoms with Crippen molar-refractivity contribution in [2.75, 3.05) is 20.2 Å². The van der Waals surface area contributed by atoms with E-state index in [2.05, 4.69) is 10.3 Å². The molecule has 0 bridgehead atoms. The minimum Gasteiger partial charge on any atom is -0.481 e. The van der Waals surface area contributed by atoms with E-state index < -0.39 is 22.0 Å². The Hall–Kier alpha value is -2.14. The molecular formula is C20H27ClN4O5S. The molecule has 2 aromatic heterocycles. The van der Waals surface area contributed by atoms with Crippen molar-refractivity contribution in [1.29, 1.82) is 0 Å². The normalized spacial score (nSPS) is 19.9. The van der Waals surface area contributed by atoms with Gasteiger partial charge in [0.1, 0.15) is 10.6 Å². The molecule has 3 rings (SSSR count). The van der Waals surface area contributed by atoms with Gasteiger partial charge < -0.3 is 19.7 Å². The van der Waals surface area contributed by atoms with Crippen molar-refractivity contribution in [3.63, 3.8) is 0 Å². The fraction of sp³-hybridized carbons (Fsp3) is 0.500. The number of hydrogen-bond acceptors (Lipinski definition) is 6. The predicted octanol–water partition coefficient (Wildman–Crippen LogP) is 1.71. The molecule has 0 saturated carbocycles. The van der Waals surface area contributed by atoms with Gasteiger partial charge in [0, 0.05) is 38.6 Å². The molecule has 9 nitrogen and oxygen atoms in total. The van der Waals surface area contributed by atoms with Crippen molar-refractivity contribution in [3.8, 4) is 5.88 Å². The van der Waals surface area contributed by atoms with Gasteiger partial charge in [-0.05, 0) is 31.4 Å². The maximum Gasteiger partial charge on any atom is 0.268 e. The van der Waals surface area contributed by atoms with Crippen molar-refractivity contribution in [3.05, 3.63) is 40.3 Å². The lowest BCUT2D eigenvalue weighted by atomic mass is 9.99. The number of carbonyl (C=O) groups is 1. The number of amides is 1. The second-order valence-electron chi connectivity index (χ2n) is 7.70. The average Bonchev–Trinajstić information content (AvgIpc) is 3.04. The Morgan fingerprint density at radius 2 is 2.16 bits per heavy atom. The first-order valence-corrected chi connectivity index (χ1v) is 11.7. The number of halogens is 1. The van der Waals surface area contributed by atoms with Crippen molar-refractivity contribution < 1.29 is 23.1 Å². The van der Waals surface area contributed by atoms with Gasteiger partial charge in [-0.1, -0.05) is 18.5 Å². The summed E-state index contributed by atoms with van der Waals surface area (Å²) in [6.45, 7) is 4.03. The Morgan fingerprint density at radius 3 is 2.81 bits per heavy atom. The van der Waals surface area contributed by atoms with E-state index in [0.717, 1.165) is 0 Å². The number of nitrogens with zero attached hydrogens (tertiary/aromatic N) is 3. The quantitative estimate of drug-likeness (QED) is 0.664. The highest BCUT2D eigenvalue weighted by Gasteiger charge is 2.35. The SMILES string of the molecule is COc1nccc(Cl)c1CNC(=O)c1cc(S(=O)(=O)N2CC[C@@H](O)[C@@H](C)C2)c(C)n1C. The van der Waals surface area contributed by atoms with E-state index in [4.69, 9.17) is 16.3 Å². The van der Waals surface area contributed by atoms with E-state index in [-0.39, 0.29) is 36.1 Å². The third kappa shape index (κ3) is 4.57. The monoisotopic (exact) mass is 470 g/mol. The molecule has 0 radical (unpaired) electrons. The third-order valence-corrected chi connectivity index (χ3v) is 8.07. The van der Waals surface area contributed by atoms with Crippen LogP contribution in [0.3, 0.4) is 0 Å². The van der Waals surface area contributed by atoms with Gasteiger partial charge in [-0.25, -0.2) is 13.4 Å². The number of rotatable bonds is 6. The second-order valence-corrected chi connectivity index (χ2v) is 10.0. The zero-order valence-corrected chi connectivity index (χ0v) is 19.5. The van der Waals surface area contributed by atoms with E-state index in [9.17, 15) is 18.3 Å². The molecule has 0 unspecified atom stereocenters. The summed E-state index contributed by atoms with van der Waals surface area (Å²) < 4.78 is 34.5. The second kappa shape index (κ2) is 9.15. The molecule has 2 atom stereocenters. The van der Waals surface area contributed by atoms with Gasteiger partial charge in [-0.2, -0.15) is 4.31 Å². The summed E-state index contributed by atoms with van der Waals surface area (Å²) in [6.07, 6.45) is 1.37. The Morgan fingerprint density at radius 1 is 1.45 bits per heavy atom. The Balaban J connectivity index is 1.83. The smallest absolute Gasteiger partial charge is 0.268 e. The zero-order chi connectivity index (χ0) is 22.9. The van der Waals surface area contributed by atoms with Gasteiger partial charge in [0.15, 0.2) is 0 Å². The number of sulfonamides is 1. The Bertz CT molecular complexity index is 1090. The lowest BCUT2D eigenvalue weighted by Gasteiger charge is -2.33. The summed E-state index contributed by atoms with van der Waals surface area (Å²) in [6, 6.07) is 2.98. The first-order valence-electron chi connectivity index (χ1n) is 9.88. The van der Waals surface area contributed by atoms with Crippen LogP contribution in [0.1, 0.15) is 35.1 Å². The van der Waals surface area contributed by atoms with Crippen LogP contribution in [-0.4, -0.2) is 59.6 Å². The first-order chi connectivity index (χ1) is 14.6. The highest BCUT2D eigenvalue weighted by Crippen LogP contribution is 2.28. The van der Waals surface area contributed by atoms with E-state index >= 15 is 0 Å². The van der Waals surface area contributed by atoms with Crippen molar-refractivity contribution in [2.24, 2.45) is 13.0 Å². The number of pyridine rings is 1. The molecule has 11 heteroatoms. The number of aliphatic hydroxyl groups is 1. The highest BCUT2D eigenvalue weighted by atomic mass is 35.5. The predicted molar refractivity (Wildman–Crippen MR) is 116 cm³/mol. The number of nitrogens with one attached hydrogen (secondary N) is 1. The summed E-state index contributed by atoms with van der Waals surface area (Å²) in [5.41, 5.74) is 1.20. The molecule has 170 valence electrons. The molecule has 1 fully saturated rings. The van der Waals surface area contributed by atoms with Gasteiger partial charge in [-0.15, -0.1) is 0 Å². The fourth-order valence-electron chi connectivity index (χ4n) is 3.65. The van der Waals surface area contributed by atoms with Crippen molar-refractivity contribution >= 4 is 27.5 Å². The maximum absolute atomic E-state index is 13.2. The minimum atomic E-state index is -3.80. The van der Waals surface area contributed by atoms with Crippen LogP contribution in [-0.2, 0) is 23.6 Å². The zero-order valence-electron chi connectivity index (χ0n) is 17.9. The molecule has 0 aliphatic carbocycles. The van der Waals surface area contributed by atoms with Crippen LogP contribution >= 0.6 is 11.6 Å². The summed E-state index contributed by atoms with van der Waals surface area (Å²) in [7, 11) is -0.696. The van der Waals surface area contributed by atoms with Crippen LogP contribution in [0, 0.1) is 12.8 Å². The first kappa shape index (κ1) is 23.5. The summed E-state index contributed by atoms with van der Waals surface area (Å²) in [5, 5.41) is 13.1. The fourth-order valence-corrected chi connectivity index (χ4v) is 5.68. The number of aromatic nitrogens is 2. The molecule has 1 aliphatic heterocycles. The van der Waals surface area contributed by atoms with E-state index in [1.165, 1.54) is 23.7 Å². The number of carbonyl (C=O) groups excluding carboxylic acids is 1. The van der Waals surface area contributed by atoms with Crippen LogP contribution in [0.5, 0.6) is 5.88 Å². The Labute approximate surface area is 187 Å². The molecule has 2 N–H and O–H groups in total. The van der Waals surface area contributed by atoms with E-state index in [0.29, 0.717) is 28.6 Å². The third-order valence-electron chi connectivity index (χ3n) is 5.74. The summed E-state index contributed by atoms with van der Waals surface area (Å²) in [5.74, 6) is -0.300.